The van der Waals surface area contributed by atoms with E-state index in [9.17, 15) is 5.11 Å². The van der Waals surface area contributed by atoms with Gasteiger partial charge in [-0.2, -0.15) is 0 Å². The Morgan fingerprint density at radius 2 is 1.92 bits per heavy atom. The van der Waals surface area contributed by atoms with Crippen molar-refractivity contribution in [2.75, 3.05) is 6.54 Å². The SMILES string of the molecule is CC1CC(CN)([C@@H](O)C(C)(C)C)C1. The van der Waals surface area contributed by atoms with Crippen LogP contribution in [0.15, 0.2) is 0 Å². The maximum absolute atomic E-state index is 10.2. The molecule has 78 valence electrons. The Labute approximate surface area is 81.5 Å². The lowest BCUT2D eigenvalue weighted by molar-refractivity contribution is -0.109. The standard InChI is InChI=1S/C11H23NO/c1-8-5-11(6-8,7-12)9(13)10(2,3)4/h8-9,13H,5-7,12H2,1-4H3/t8?,9-,11?/m0/s1. The molecular formula is C11H23NO. The minimum absolute atomic E-state index is 0.0116. The van der Waals surface area contributed by atoms with Crippen LogP contribution in [0.5, 0.6) is 0 Å². The van der Waals surface area contributed by atoms with E-state index in [2.05, 4.69) is 27.7 Å². The van der Waals surface area contributed by atoms with Crippen LogP contribution in [0.2, 0.25) is 0 Å². The van der Waals surface area contributed by atoms with E-state index in [-0.39, 0.29) is 16.9 Å². The quantitative estimate of drug-likeness (QED) is 0.688. The van der Waals surface area contributed by atoms with E-state index in [0.717, 1.165) is 18.8 Å². The molecule has 0 aromatic carbocycles. The van der Waals surface area contributed by atoms with Gasteiger partial charge in [0.05, 0.1) is 6.10 Å². The van der Waals surface area contributed by atoms with Gasteiger partial charge in [-0.15, -0.1) is 0 Å². The number of aliphatic hydroxyl groups excluding tert-OH is 1. The maximum atomic E-state index is 10.2. The summed E-state index contributed by atoms with van der Waals surface area (Å²) < 4.78 is 0. The Hall–Kier alpha value is -0.0800. The lowest BCUT2D eigenvalue weighted by atomic mass is 9.55. The minimum atomic E-state index is -0.263. The summed E-state index contributed by atoms with van der Waals surface area (Å²) >= 11 is 0. The summed E-state index contributed by atoms with van der Waals surface area (Å²) in [6, 6.07) is 0. The maximum Gasteiger partial charge on any atom is 0.0656 e. The molecular weight excluding hydrogens is 162 g/mol. The number of rotatable bonds is 2. The molecule has 0 unspecified atom stereocenters. The zero-order valence-corrected chi connectivity index (χ0v) is 9.30. The monoisotopic (exact) mass is 185 g/mol. The average molecular weight is 185 g/mol. The summed E-state index contributed by atoms with van der Waals surface area (Å²) in [6.45, 7) is 9.09. The molecule has 2 heteroatoms. The predicted molar refractivity (Wildman–Crippen MR) is 55.3 cm³/mol. The van der Waals surface area contributed by atoms with Crippen molar-refractivity contribution in [1.29, 1.82) is 0 Å². The normalized spacial score (nSPS) is 36.9. The van der Waals surface area contributed by atoms with Crippen LogP contribution < -0.4 is 5.73 Å². The highest BCUT2D eigenvalue weighted by Crippen LogP contribution is 2.51. The van der Waals surface area contributed by atoms with Gasteiger partial charge in [0.25, 0.3) is 0 Å². The van der Waals surface area contributed by atoms with Gasteiger partial charge in [0.2, 0.25) is 0 Å². The van der Waals surface area contributed by atoms with Crippen molar-refractivity contribution >= 4 is 0 Å². The Kier molecular flexibility index (Phi) is 2.75. The minimum Gasteiger partial charge on any atom is -0.392 e. The highest BCUT2D eigenvalue weighted by Gasteiger charge is 2.50. The van der Waals surface area contributed by atoms with Gasteiger partial charge in [-0.3, -0.25) is 0 Å². The Balaban J connectivity index is 2.68. The highest BCUT2D eigenvalue weighted by molar-refractivity contribution is 5.01. The van der Waals surface area contributed by atoms with Gasteiger partial charge in [-0.05, 0) is 24.2 Å². The van der Waals surface area contributed by atoms with Crippen LogP contribution >= 0.6 is 0 Å². The van der Waals surface area contributed by atoms with Crippen molar-refractivity contribution in [3.63, 3.8) is 0 Å². The van der Waals surface area contributed by atoms with E-state index >= 15 is 0 Å². The van der Waals surface area contributed by atoms with E-state index in [1.807, 2.05) is 0 Å². The smallest absolute Gasteiger partial charge is 0.0656 e. The Morgan fingerprint density at radius 1 is 1.46 bits per heavy atom. The summed E-state index contributed by atoms with van der Waals surface area (Å²) in [5, 5.41) is 10.2. The van der Waals surface area contributed by atoms with Gasteiger partial charge in [-0.1, -0.05) is 27.7 Å². The lowest BCUT2D eigenvalue weighted by Crippen LogP contribution is -2.55. The zero-order chi connectivity index (χ0) is 10.3. The summed E-state index contributed by atoms with van der Waals surface area (Å²) in [6.07, 6.45) is 1.91. The van der Waals surface area contributed by atoms with E-state index in [4.69, 9.17) is 5.73 Å². The van der Waals surface area contributed by atoms with Crippen LogP contribution in [0, 0.1) is 16.7 Å². The molecule has 3 N–H and O–H groups in total. The van der Waals surface area contributed by atoms with Gasteiger partial charge in [-0.25, -0.2) is 0 Å². The molecule has 0 bridgehead atoms. The van der Waals surface area contributed by atoms with Crippen LogP contribution in [0.4, 0.5) is 0 Å². The predicted octanol–water partition coefficient (Wildman–Crippen LogP) is 1.77. The van der Waals surface area contributed by atoms with E-state index in [1.165, 1.54) is 0 Å². The molecule has 0 saturated heterocycles. The number of hydrogen-bond acceptors (Lipinski definition) is 2. The molecule has 1 rings (SSSR count). The second kappa shape index (κ2) is 3.25. The first-order valence-electron chi connectivity index (χ1n) is 5.20. The number of nitrogens with two attached hydrogens (primary N) is 1. The first-order valence-corrected chi connectivity index (χ1v) is 5.20. The second-order valence-corrected chi connectivity index (χ2v) is 5.85. The summed E-state index contributed by atoms with van der Waals surface area (Å²) in [4.78, 5) is 0. The number of aliphatic hydroxyl groups is 1. The summed E-state index contributed by atoms with van der Waals surface area (Å²) in [5.74, 6) is 0.737. The molecule has 13 heavy (non-hydrogen) atoms. The van der Waals surface area contributed by atoms with Crippen molar-refractivity contribution in [3.8, 4) is 0 Å². The van der Waals surface area contributed by atoms with Gasteiger partial charge in [0, 0.05) is 12.0 Å². The van der Waals surface area contributed by atoms with Gasteiger partial charge >= 0.3 is 0 Å². The third-order valence-corrected chi connectivity index (χ3v) is 3.32. The summed E-state index contributed by atoms with van der Waals surface area (Å²) in [5.41, 5.74) is 5.74. The molecule has 1 fully saturated rings. The molecule has 1 saturated carbocycles. The van der Waals surface area contributed by atoms with Crippen LogP contribution in [-0.4, -0.2) is 17.8 Å². The van der Waals surface area contributed by atoms with Crippen molar-refractivity contribution in [2.45, 2.75) is 46.6 Å². The Morgan fingerprint density at radius 3 is 2.15 bits per heavy atom. The molecule has 2 nitrogen and oxygen atoms in total. The first-order chi connectivity index (χ1) is 5.82. The molecule has 0 aromatic rings. The van der Waals surface area contributed by atoms with E-state index < -0.39 is 0 Å². The van der Waals surface area contributed by atoms with Crippen LogP contribution in [0.1, 0.15) is 40.5 Å². The molecule has 0 radical (unpaired) electrons. The molecule has 0 spiro atoms. The molecule has 1 aliphatic carbocycles. The van der Waals surface area contributed by atoms with Gasteiger partial charge in [0.1, 0.15) is 0 Å². The molecule has 1 aliphatic rings. The van der Waals surface area contributed by atoms with Crippen LogP contribution in [-0.2, 0) is 0 Å². The van der Waals surface area contributed by atoms with Crippen molar-refractivity contribution in [3.05, 3.63) is 0 Å². The Bertz CT molecular complexity index is 177. The van der Waals surface area contributed by atoms with Crippen molar-refractivity contribution in [1.82, 2.24) is 0 Å². The lowest BCUT2D eigenvalue weighted by Gasteiger charge is -2.52. The summed E-state index contributed by atoms with van der Waals surface area (Å²) in [7, 11) is 0. The van der Waals surface area contributed by atoms with Gasteiger partial charge < -0.3 is 10.8 Å². The highest BCUT2D eigenvalue weighted by atomic mass is 16.3. The average Bonchev–Trinajstić information content (AvgIpc) is 1.95. The molecule has 0 heterocycles. The molecule has 0 amide bonds. The van der Waals surface area contributed by atoms with E-state index in [1.54, 1.807) is 0 Å². The largest absolute Gasteiger partial charge is 0.392 e. The molecule has 1 atom stereocenters. The fourth-order valence-electron chi connectivity index (χ4n) is 2.75. The molecule has 0 aliphatic heterocycles. The zero-order valence-electron chi connectivity index (χ0n) is 9.30. The van der Waals surface area contributed by atoms with Gasteiger partial charge in [0.15, 0.2) is 0 Å². The van der Waals surface area contributed by atoms with E-state index in [0.29, 0.717) is 6.54 Å². The molecule has 0 aromatic heterocycles. The van der Waals surface area contributed by atoms with Crippen molar-refractivity contribution in [2.24, 2.45) is 22.5 Å². The van der Waals surface area contributed by atoms with Crippen molar-refractivity contribution < 1.29 is 5.11 Å². The third-order valence-electron chi connectivity index (χ3n) is 3.32. The van der Waals surface area contributed by atoms with Crippen LogP contribution in [0.3, 0.4) is 0 Å². The fraction of sp³-hybridized carbons (Fsp3) is 1.00. The second-order valence-electron chi connectivity index (χ2n) is 5.85. The fourth-order valence-corrected chi connectivity index (χ4v) is 2.75. The first kappa shape index (κ1) is 11.0. The third kappa shape index (κ3) is 1.89. The van der Waals surface area contributed by atoms with Crippen LogP contribution in [0.25, 0.3) is 0 Å². The number of hydrogen-bond donors (Lipinski definition) is 2. The topological polar surface area (TPSA) is 46.2 Å².